The fourth-order valence-corrected chi connectivity index (χ4v) is 3.97. The summed E-state index contributed by atoms with van der Waals surface area (Å²) in [4.78, 5) is 0. The molecule has 1 aromatic carbocycles. The molecule has 21 heavy (non-hydrogen) atoms. The van der Waals surface area contributed by atoms with Gasteiger partial charge in [-0.05, 0) is 43.7 Å². The summed E-state index contributed by atoms with van der Waals surface area (Å²) in [7, 11) is 0. The van der Waals surface area contributed by atoms with Gasteiger partial charge in [0.2, 0.25) is 0 Å². The molecule has 0 atom stereocenters. The van der Waals surface area contributed by atoms with Gasteiger partial charge < -0.3 is 15.2 Å². The Kier molecular flexibility index (Phi) is 6.24. The molecule has 2 N–H and O–H groups in total. The Morgan fingerprint density at radius 1 is 1.29 bits per heavy atom. The predicted molar refractivity (Wildman–Crippen MR) is 90.3 cm³/mol. The van der Waals surface area contributed by atoms with E-state index in [9.17, 15) is 5.11 Å². The van der Waals surface area contributed by atoms with E-state index in [2.05, 4.69) is 11.6 Å². The lowest BCUT2D eigenvalue weighted by Gasteiger charge is -2.36. The SMILES string of the molecule is CCOc1cc(CNCC2(SC)CCCCC2)ccc1O. The van der Waals surface area contributed by atoms with E-state index in [-0.39, 0.29) is 5.75 Å². The smallest absolute Gasteiger partial charge is 0.161 e. The predicted octanol–water partition coefficient (Wildman–Crippen LogP) is 3.95. The summed E-state index contributed by atoms with van der Waals surface area (Å²) >= 11 is 2.01. The zero-order valence-electron chi connectivity index (χ0n) is 13.2. The van der Waals surface area contributed by atoms with Gasteiger partial charge in [-0.2, -0.15) is 11.8 Å². The van der Waals surface area contributed by atoms with Crippen molar-refractivity contribution in [2.75, 3.05) is 19.4 Å². The van der Waals surface area contributed by atoms with Gasteiger partial charge in [-0.25, -0.2) is 0 Å². The van der Waals surface area contributed by atoms with Gasteiger partial charge in [0.25, 0.3) is 0 Å². The Hall–Kier alpha value is -0.870. The Labute approximate surface area is 132 Å². The van der Waals surface area contributed by atoms with E-state index in [0.29, 0.717) is 17.1 Å². The number of thioether (sulfide) groups is 1. The molecule has 2 rings (SSSR count). The second-order valence-electron chi connectivity index (χ2n) is 5.79. The number of phenolic OH excluding ortho intramolecular Hbond substituents is 1. The van der Waals surface area contributed by atoms with Crippen LogP contribution in [0.15, 0.2) is 18.2 Å². The first-order valence-corrected chi connectivity index (χ1v) is 9.12. The van der Waals surface area contributed by atoms with Crippen LogP contribution >= 0.6 is 11.8 Å². The summed E-state index contributed by atoms with van der Waals surface area (Å²) < 4.78 is 5.85. The molecule has 0 radical (unpaired) electrons. The molecule has 1 aliphatic rings. The van der Waals surface area contributed by atoms with Crippen LogP contribution in [-0.4, -0.2) is 29.3 Å². The second kappa shape index (κ2) is 7.95. The number of hydrogen-bond donors (Lipinski definition) is 2. The largest absolute Gasteiger partial charge is 0.504 e. The second-order valence-corrected chi connectivity index (χ2v) is 7.06. The van der Waals surface area contributed by atoms with Gasteiger partial charge in [0.15, 0.2) is 11.5 Å². The standard InChI is InChI=1S/C17H27NO2S/c1-3-20-16-11-14(7-8-15(16)19)12-18-13-17(21-2)9-5-4-6-10-17/h7-8,11,18-19H,3-6,9-10,12-13H2,1-2H3. The van der Waals surface area contributed by atoms with Crippen molar-refractivity contribution in [2.24, 2.45) is 0 Å². The van der Waals surface area contributed by atoms with Crippen molar-refractivity contribution < 1.29 is 9.84 Å². The third-order valence-corrected chi connectivity index (χ3v) is 5.72. The van der Waals surface area contributed by atoms with E-state index >= 15 is 0 Å². The summed E-state index contributed by atoms with van der Waals surface area (Å²) in [6.07, 6.45) is 8.98. The Bertz CT molecular complexity index is 444. The van der Waals surface area contributed by atoms with Gasteiger partial charge in [-0.15, -0.1) is 0 Å². The molecule has 1 fully saturated rings. The van der Waals surface area contributed by atoms with E-state index in [4.69, 9.17) is 4.74 Å². The number of aromatic hydroxyl groups is 1. The summed E-state index contributed by atoms with van der Waals surface area (Å²) in [5.41, 5.74) is 1.16. The summed E-state index contributed by atoms with van der Waals surface area (Å²) in [5, 5.41) is 13.3. The molecule has 0 aromatic heterocycles. The minimum absolute atomic E-state index is 0.216. The van der Waals surface area contributed by atoms with Crippen LogP contribution in [0.3, 0.4) is 0 Å². The Morgan fingerprint density at radius 3 is 2.71 bits per heavy atom. The molecule has 1 saturated carbocycles. The third-order valence-electron chi connectivity index (χ3n) is 4.30. The lowest BCUT2D eigenvalue weighted by atomic mass is 9.88. The molecule has 3 nitrogen and oxygen atoms in total. The van der Waals surface area contributed by atoms with E-state index in [1.165, 1.54) is 32.1 Å². The number of hydrogen-bond acceptors (Lipinski definition) is 4. The van der Waals surface area contributed by atoms with Crippen LogP contribution in [0, 0.1) is 0 Å². The van der Waals surface area contributed by atoms with Crippen LogP contribution in [0.25, 0.3) is 0 Å². The first kappa shape index (κ1) is 16.5. The molecule has 1 aromatic rings. The van der Waals surface area contributed by atoms with Crippen LogP contribution < -0.4 is 10.1 Å². The molecule has 0 saturated heterocycles. The van der Waals surface area contributed by atoms with Crippen LogP contribution in [0.1, 0.15) is 44.6 Å². The molecule has 0 heterocycles. The monoisotopic (exact) mass is 309 g/mol. The van der Waals surface area contributed by atoms with Crippen molar-refractivity contribution in [3.8, 4) is 11.5 Å². The topological polar surface area (TPSA) is 41.5 Å². The van der Waals surface area contributed by atoms with Crippen LogP contribution in [0.5, 0.6) is 11.5 Å². The molecule has 0 aliphatic heterocycles. The Morgan fingerprint density at radius 2 is 2.05 bits per heavy atom. The van der Waals surface area contributed by atoms with Crippen molar-refractivity contribution >= 4 is 11.8 Å². The minimum atomic E-state index is 0.216. The van der Waals surface area contributed by atoms with E-state index in [1.807, 2.05) is 30.8 Å². The third kappa shape index (κ3) is 4.55. The van der Waals surface area contributed by atoms with Crippen molar-refractivity contribution in [1.29, 1.82) is 0 Å². The average molecular weight is 309 g/mol. The minimum Gasteiger partial charge on any atom is -0.504 e. The van der Waals surface area contributed by atoms with E-state index < -0.39 is 0 Å². The van der Waals surface area contributed by atoms with Gasteiger partial charge in [0, 0.05) is 17.8 Å². The average Bonchev–Trinajstić information content (AvgIpc) is 2.52. The van der Waals surface area contributed by atoms with E-state index in [1.54, 1.807) is 6.07 Å². The molecular weight excluding hydrogens is 282 g/mol. The molecule has 0 amide bonds. The number of benzene rings is 1. The van der Waals surface area contributed by atoms with Crippen molar-refractivity contribution in [2.45, 2.75) is 50.3 Å². The van der Waals surface area contributed by atoms with Crippen LogP contribution in [-0.2, 0) is 6.54 Å². The zero-order valence-corrected chi connectivity index (χ0v) is 14.0. The molecule has 0 unspecified atom stereocenters. The van der Waals surface area contributed by atoms with E-state index in [0.717, 1.165) is 18.7 Å². The fraction of sp³-hybridized carbons (Fsp3) is 0.647. The molecular formula is C17H27NO2S. The summed E-state index contributed by atoms with van der Waals surface area (Å²) in [5.74, 6) is 0.794. The highest BCUT2D eigenvalue weighted by Crippen LogP contribution is 2.38. The van der Waals surface area contributed by atoms with Crippen molar-refractivity contribution in [1.82, 2.24) is 5.32 Å². The number of ether oxygens (including phenoxy) is 1. The van der Waals surface area contributed by atoms with Crippen LogP contribution in [0.2, 0.25) is 0 Å². The normalized spacial score (nSPS) is 17.6. The molecule has 1 aliphatic carbocycles. The fourth-order valence-electron chi connectivity index (χ4n) is 3.02. The number of rotatable bonds is 7. The van der Waals surface area contributed by atoms with Gasteiger partial charge in [0.05, 0.1) is 6.61 Å². The maximum Gasteiger partial charge on any atom is 0.161 e. The van der Waals surface area contributed by atoms with Crippen LogP contribution in [0.4, 0.5) is 0 Å². The highest BCUT2D eigenvalue weighted by molar-refractivity contribution is 8.00. The zero-order chi connectivity index (χ0) is 15.1. The quantitative estimate of drug-likeness (QED) is 0.800. The van der Waals surface area contributed by atoms with Gasteiger partial charge >= 0.3 is 0 Å². The number of phenols is 1. The summed E-state index contributed by atoms with van der Waals surface area (Å²) in [6, 6.07) is 5.60. The van der Waals surface area contributed by atoms with Crippen molar-refractivity contribution in [3.05, 3.63) is 23.8 Å². The van der Waals surface area contributed by atoms with Gasteiger partial charge in [-0.3, -0.25) is 0 Å². The first-order valence-electron chi connectivity index (χ1n) is 7.90. The molecule has 0 spiro atoms. The highest BCUT2D eigenvalue weighted by atomic mass is 32.2. The molecule has 4 heteroatoms. The number of nitrogens with one attached hydrogen (secondary N) is 1. The van der Waals surface area contributed by atoms with Gasteiger partial charge in [0.1, 0.15) is 0 Å². The molecule has 0 bridgehead atoms. The van der Waals surface area contributed by atoms with Crippen molar-refractivity contribution in [3.63, 3.8) is 0 Å². The lowest BCUT2D eigenvalue weighted by molar-refractivity contribution is 0.317. The first-order chi connectivity index (χ1) is 10.2. The Balaban J connectivity index is 1.89. The summed E-state index contributed by atoms with van der Waals surface area (Å²) in [6.45, 7) is 4.37. The lowest BCUT2D eigenvalue weighted by Crippen LogP contribution is -2.39. The maximum absolute atomic E-state index is 9.73. The maximum atomic E-state index is 9.73. The van der Waals surface area contributed by atoms with Gasteiger partial charge in [-0.1, -0.05) is 25.3 Å². The molecule has 118 valence electrons. The highest BCUT2D eigenvalue weighted by Gasteiger charge is 2.30.